The van der Waals surface area contributed by atoms with Crippen LogP contribution in [0.1, 0.15) is 25.3 Å². The molecule has 170 valence electrons. The summed E-state index contributed by atoms with van der Waals surface area (Å²) < 4.78 is 35.1. The van der Waals surface area contributed by atoms with E-state index in [9.17, 15) is 8.42 Å². The second-order valence-corrected chi connectivity index (χ2v) is 9.26. The summed E-state index contributed by atoms with van der Waals surface area (Å²) in [6.45, 7) is 3.07. The van der Waals surface area contributed by atoms with E-state index in [0.29, 0.717) is 42.9 Å². The van der Waals surface area contributed by atoms with E-state index in [1.54, 1.807) is 13.2 Å². The number of nitrogens with one attached hydrogen (secondary N) is 2. The molecule has 0 radical (unpaired) electrons. The van der Waals surface area contributed by atoms with Gasteiger partial charge in [-0.1, -0.05) is 25.1 Å². The third-order valence-corrected chi connectivity index (χ3v) is 6.38. The highest BCUT2D eigenvalue weighted by Gasteiger charge is 2.28. The van der Waals surface area contributed by atoms with Crippen LogP contribution in [-0.4, -0.2) is 50.6 Å². The highest BCUT2D eigenvalue weighted by Crippen LogP contribution is 2.31. The van der Waals surface area contributed by atoms with E-state index >= 15 is 0 Å². The monoisotopic (exact) mass is 560 g/mol. The zero-order valence-corrected chi connectivity index (χ0v) is 20.9. The summed E-state index contributed by atoms with van der Waals surface area (Å²) in [5, 5.41) is 6.38. The Bertz CT molecular complexity index is 985. The van der Waals surface area contributed by atoms with E-state index in [-0.39, 0.29) is 41.5 Å². The number of rotatable bonds is 8. The fourth-order valence-corrected chi connectivity index (χ4v) is 4.77. The molecule has 1 atom stereocenters. The largest absolute Gasteiger partial charge is 0.490 e. The molecule has 10 heteroatoms. The van der Waals surface area contributed by atoms with Crippen LogP contribution in [0.5, 0.6) is 17.4 Å². The number of halogens is 1. The number of pyridine rings is 1. The first-order chi connectivity index (χ1) is 14.5. The van der Waals surface area contributed by atoms with Crippen molar-refractivity contribution in [1.29, 1.82) is 0 Å². The number of sulfone groups is 1. The average Bonchev–Trinajstić information content (AvgIpc) is 3.09. The Hall–Kier alpha value is -2.08. The number of guanidine groups is 1. The summed E-state index contributed by atoms with van der Waals surface area (Å²) in [4.78, 5) is 8.56. The minimum Gasteiger partial charge on any atom is -0.490 e. The SMILES string of the molecule is CCCOc1ccccc1Oc1ncccc1CNC(=NC)NC1CCS(=O)(=O)C1.I. The van der Waals surface area contributed by atoms with Crippen molar-refractivity contribution in [1.82, 2.24) is 15.6 Å². The second-order valence-electron chi connectivity index (χ2n) is 7.04. The van der Waals surface area contributed by atoms with Gasteiger partial charge < -0.3 is 20.1 Å². The topological polar surface area (TPSA) is 102 Å². The molecule has 3 rings (SSSR count). The van der Waals surface area contributed by atoms with Gasteiger partial charge in [0.25, 0.3) is 0 Å². The van der Waals surface area contributed by atoms with Crippen molar-refractivity contribution in [2.45, 2.75) is 32.4 Å². The molecule has 31 heavy (non-hydrogen) atoms. The van der Waals surface area contributed by atoms with Gasteiger partial charge in [0, 0.05) is 31.4 Å². The molecular formula is C21H29IN4O4S. The maximum atomic E-state index is 11.7. The molecule has 0 spiro atoms. The minimum atomic E-state index is -2.96. The Morgan fingerprint density at radius 2 is 2.00 bits per heavy atom. The molecule has 1 aromatic carbocycles. The molecule has 0 amide bonds. The maximum absolute atomic E-state index is 11.7. The lowest BCUT2D eigenvalue weighted by Crippen LogP contribution is -2.43. The summed E-state index contributed by atoms with van der Waals surface area (Å²) in [6, 6.07) is 11.1. The molecule has 1 aromatic heterocycles. The fourth-order valence-electron chi connectivity index (χ4n) is 3.10. The van der Waals surface area contributed by atoms with E-state index in [4.69, 9.17) is 9.47 Å². The third kappa shape index (κ3) is 7.53. The summed E-state index contributed by atoms with van der Waals surface area (Å²) >= 11 is 0. The molecule has 0 aliphatic carbocycles. The lowest BCUT2D eigenvalue weighted by molar-refractivity contribution is 0.300. The standard InChI is InChI=1S/C21H28N4O4S.HI/c1-3-12-28-18-8-4-5-9-19(18)29-20-16(7-6-11-23-20)14-24-21(22-2)25-17-10-13-30(26,27)15-17;/h4-9,11,17H,3,10,12-15H2,1-2H3,(H2,22,24,25);1H. The van der Waals surface area contributed by atoms with E-state index in [0.717, 1.165) is 12.0 Å². The Morgan fingerprint density at radius 3 is 2.68 bits per heavy atom. The number of nitrogens with zero attached hydrogens (tertiary/aromatic N) is 2. The number of ether oxygens (including phenoxy) is 2. The van der Waals surface area contributed by atoms with Gasteiger partial charge in [-0.15, -0.1) is 24.0 Å². The van der Waals surface area contributed by atoms with Gasteiger partial charge in [-0.2, -0.15) is 0 Å². The molecule has 2 aromatic rings. The highest BCUT2D eigenvalue weighted by atomic mass is 127. The Balaban J connectivity index is 0.00000341. The van der Waals surface area contributed by atoms with Crippen molar-refractivity contribution in [3.63, 3.8) is 0 Å². The van der Waals surface area contributed by atoms with Crippen LogP contribution in [0.4, 0.5) is 0 Å². The van der Waals surface area contributed by atoms with Crippen LogP contribution in [-0.2, 0) is 16.4 Å². The van der Waals surface area contributed by atoms with Crippen molar-refractivity contribution in [2.75, 3.05) is 25.2 Å². The smallest absolute Gasteiger partial charge is 0.224 e. The van der Waals surface area contributed by atoms with Gasteiger partial charge in [-0.25, -0.2) is 13.4 Å². The molecule has 2 heterocycles. The number of aliphatic imine (C=N–C) groups is 1. The fraction of sp³-hybridized carbons (Fsp3) is 0.429. The summed E-state index contributed by atoms with van der Waals surface area (Å²) in [7, 11) is -1.30. The first kappa shape index (κ1) is 25.2. The molecule has 8 nitrogen and oxygen atoms in total. The van der Waals surface area contributed by atoms with Crippen LogP contribution in [0.25, 0.3) is 0 Å². The molecule has 1 aliphatic heterocycles. The number of para-hydroxylation sites is 2. The van der Waals surface area contributed by atoms with Crippen LogP contribution in [0, 0.1) is 0 Å². The molecular weight excluding hydrogens is 531 g/mol. The number of benzene rings is 1. The van der Waals surface area contributed by atoms with Gasteiger partial charge in [-0.05, 0) is 31.0 Å². The predicted molar refractivity (Wildman–Crippen MR) is 132 cm³/mol. The van der Waals surface area contributed by atoms with Crippen molar-refractivity contribution in [3.8, 4) is 17.4 Å². The quantitative estimate of drug-likeness (QED) is 0.291. The van der Waals surface area contributed by atoms with Crippen LogP contribution >= 0.6 is 24.0 Å². The summed E-state index contributed by atoms with van der Waals surface area (Å²) in [5.74, 6) is 2.62. The van der Waals surface area contributed by atoms with Gasteiger partial charge in [0.2, 0.25) is 5.88 Å². The molecule has 0 saturated carbocycles. The number of hydrogen-bond acceptors (Lipinski definition) is 6. The highest BCUT2D eigenvalue weighted by molar-refractivity contribution is 14.0. The first-order valence-electron chi connectivity index (χ1n) is 10.0. The van der Waals surface area contributed by atoms with Crippen LogP contribution in [0.2, 0.25) is 0 Å². The van der Waals surface area contributed by atoms with E-state index < -0.39 is 9.84 Å². The number of aromatic nitrogens is 1. The Kier molecular flexibility index (Phi) is 9.82. The average molecular weight is 560 g/mol. The lowest BCUT2D eigenvalue weighted by Gasteiger charge is -2.17. The van der Waals surface area contributed by atoms with Gasteiger partial charge in [0.15, 0.2) is 27.3 Å². The van der Waals surface area contributed by atoms with E-state index in [2.05, 4.69) is 20.6 Å². The van der Waals surface area contributed by atoms with Gasteiger partial charge in [-0.3, -0.25) is 4.99 Å². The van der Waals surface area contributed by atoms with Gasteiger partial charge in [0.1, 0.15) is 0 Å². The Labute approximate surface area is 200 Å². The Morgan fingerprint density at radius 1 is 1.23 bits per heavy atom. The first-order valence-corrected chi connectivity index (χ1v) is 11.8. The van der Waals surface area contributed by atoms with Crippen molar-refractivity contribution < 1.29 is 17.9 Å². The minimum absolute atomic E-state index is 0. The molecule has 1 saturated heterocycles. The molecule has 1 aliphatic rings. The van der Waals surface area contributed by atoms with Crippen molar-refractivity contribution >= 4 is 39.8 Å². The molecule has 1 fully saturated rings. The van der Waals surface area contributed by atoms with Crippen LogP contribution in [0.3, 0.4) is 0 Å². The second kappa shape index (κ2) is 12.1. The van der Waals surface area contributed by atoms with E-state index in [1.807, 2.05) is 43.3 Å². The summed E-state index contributed by atoms with van der Waals surface area (Å²) in [5.41, 5.74) is 0.838. The maximum Gasteiger partial charge on any atom is 0.224 e. The van der Waals surface area contributed by atoms with Crippen molar-refractivity contribution in [3.05, 3.63) is 48.2 Å². The van der Waals surface area contributed by atoms with Gasteiger partial charge >= 0.3 is 0 Å². The lowest BCUT2D eigenvalue weighted by atomic mass is 10.2. The number of hydrogen-bond donors (Lipinski definition) is 2. The normalized spacial score (nSPS) is 17.5. The van der Waals surface area contributed by atoms with Crippen LogP contribution < -0.4 is 20.1 Å². The summed E-state index contributed by atoms with van der Waals surface area (Å²) in [6.07, 6.45) is 3.16. The zero-order chi connectivity index (χ0) is 21.4. The molecule has 2 N–H and O–H groups in total. The predicted octanol–water partition coefficient (Wildman–Crippen LogP) is 3.13. The van der Waals surface area contributed by atoms with Crippen LogP contribution in [0.15, 0.2) is 47.6 Å². The van der Waals surface area contributed by atoms with Crippen molar-refractivity contribution in [2.24, 2.45) is 4.99 Å². The van der Waals surface area contributed by atoms with Gasteiger partial charge in [0.05, 0.1) is 18.1 Å². The molecule has 0 bridgehead atoms. The zero-order valence-electron chi connectivity index (χ0n) is 17.7. The van der Waals surface area contributed by atoms with E-state index in [1.165, 1.54) is 0 Å². The third-order valence-electron chi connectivity index (χ3n) is 4.61. The molecule has 1 unspecified atom stereocenters.